The minimum absolute atomic E-state index is 0.00412. The molecule has 0 unspecified atom stereocenters. The number of imide groups is 1. The molecule has 0 aliphatic carbocycles. The molecule has 2 N–H and O–H groups in total. The maximum Gasteiger partial charge on any atom is 0.355 e. The lowest BCUT2D eigenvalue weighted by molar-refractivity contribution is -0.199. The smallest absolute Gasteiger partial charge is 0.355 e. The predicted molar refractivity (Wildman–Crippen MR) is 72.0 cm³/mol. The fraction of sp³-hybridized carbons (Fsp3) is 0.286. The van der Waals surface area contributed by atoms with Gasteiger partial charge in [0.25, 0.3) is 11.8 Å². The van der Waals surface area contributed by atoms with Crippen molar-refractivity contribution in [2.75, 3.05) is 0 Å². The Labute approximate surface area is 125 Å². The zero-order valence-electron chi connectivity index (χ0n) is 11.5. The Kier molecular flexibility index (Phi) is 4.72. The largest absolute Gasteiger partial charge is 0.508 e. The molecular formula is C14H14N2O6. The molecule has 1 aliphatic rings. The van der Waals surface area contributed by atoms with Crippen LogP contribution in [0.2, 0.25) is 0 Å². The summed E-state index contributed by atoms with van der Waals surface area (Å²) in [5.41, 5.74) is 0.660. The van der Waals surface area contributed by atoms with Gasteiger partial charge in [0.15, 0.2) is 0 Å². The molecular weight excluding hydrogens is 292 g/mol. The highest BCUT2D eigenvalue weighted by molar-refractivity contribution is 6.01. The molecule has 1 aromatic carbocycles. The zero-order valence-corrected chi connectivity index (χ0v) is 11.5. The van der Waals surface area contributed by atoms with E-state index < -0.39 is 23.8 Å². The van der Waals surface area contributed by atoms with Crippen LogP contribution in [0.25, 0.3) is 0 Å². The van der Waals surface area contributed by atoms with Gasteiger partial charge < -0.3 is 15.3 Å². The molecule has 0 saturated carbocycles. The summed E-state index contributed by atoms with van der Waals surface area (Å²) in [6, 6.07) is 4.98. The lowest BCUT2D eigenvalue weighted by Crippen LogP contribution is -2.43. The van der Waals surface area contributed by atoms with Gasteiger partial charge in [0.1, 0.15) is 11.8 Å². The van der Waals surface area contributed by atoms with Gasteiger partial charge >= 0.3 is 5.97 Å². The summed E-state index contributed by atoms with van der Waals surface area (Å²) in [4.78, 5) is 50.2. The van der Waals surface area contributed by atoms with Crippen LogP contribution < -0.4 is 5.32 Å². The molecule has 8 nitrogen and oxygen atoms in total. The first-order valence-electron chi connectivity index (χ1n) is 6.56. The van der Waals surface area contributed by atoms with Gasteiger partial charge in [-0.05, 0) is 17.7 Å². The number of benzene rings is 1. The average molecular weight is 306 g/mol. The van der Waals surface area contributed by atoms with Crippen molar-refractivity contribution in [3.63, 3.8) is 0 Å². The summed E-state index contributed by atoms with van der Waals surface area (Å²) in [5, 5.41) is 11.9. The maximum atomic E-state index is 12.0. The van der Waals surface area contributed by atoms with Gasteiger partial charge in [-0.25, -0.2) is 4.79 Å². The highest BCUT2D eigenvalue weighted by Gasteiger charge is 2.34. The van der Waals surface area contributed by atoms with E-state index >= 15 is 0 Å². The van der Waals surface area contributed by atoms with Gasteiger partial charge in [0.05, 0.1) is 0 Å². The number of phenols is 1. The first-order valence-corrected chi connectivity index (χ1v) is 6.56. The van der Waals surface area contributed by atoms with Crippen molar-refractivity contribution in [2.24, 2.45) is 0 Å². The van der Waals surface area contributed by atoms with E-state index in [-0.39, 0.29) is 25.0 Å². The van der Waals surface area contributed by atoms with Crippen molar-refractivity contribution >= 4 is 24.2 Å². The summed E-state index contributed by atoms with van der Waals surface area (Å²) in [6.45, 7) is 0. The van der Waals surface area contributed by atoms with Gasteiger partial charge in [-0.3, -0.25) is 14.4 Å². The Morgan fingerprint density at radius 2 is 1.86 bits per heavy atom. The van der Waals surface area contributed by atoms with Crippen LogP contribution in [0, 0.1) is 0 Å². The van der Waals surface area contributed by atoms with Crippen LogP contribution >= 0.6 is 0 Å². The molecule has 22 heavy (non-hydrogen) atoms. The van der Waals surface area contributed by atoms with Gasteiger partial charge in [-0.1, -0.05) is 12.1 Å². The minimum Gasteiger partial charge on any atom is -0.508 e. The lowest BCUT2D eigenvalue weighted by atomic mass is 10.1. The van der Waals surface area contributed by atoms with Crippen LogP contribution in [0.1, 0.15) is 18.4 Å². The second kappa shape index (κ2) is 6.70. The van der Waals surface area contributed by atoms with Crippen LogP contribution in [-0.4, -0.2) is 40.4 Å². The number of aromatic hydroxyl groups is 1. The van der Waals surface area contributed by atoms with Gasteiger partial charge in [-0.2, -0.15) is 0 Å². The topological polar surface area (TPSA) is 113 Å². The van der Waals surface area contributed by atoms with E-state index in [2.05, 4.69) is 5.32 Å². The molecule has 0 spiro atoms. The molecule has 8 heteroatoms. The van der Waals surface area contributed by atoms with Crippen molar-refractivity contribution in [1.82, 2.24) is 10.4 Å². The monoisotopic (exact) mass is 306 g/mol. The van der Waals surface area contributed by atoms with Gasteiger partial charge in [0.2, 0.25) is 6.41 Å². The number of carbonyl (C=O) groups excluding carboxylic acids is 4. The van der Waals surface area contributed by atoms with Crippen LogP contribution in [0.5, 0.6) is 5.75 Å². The van der Waals surface area contributed by atoms with Gasteiger partial charge in [0, 0.05) is 19.3 Å². The standard InChI is InChI=1S/C14H14N2O6/c17-8-15-11(7-9-1-3-10(18)4-2-9)14(21)22-16-12(19)5-6-13(16)20/h1-4,8,11,18H,5-7H2,(H,15,17)/t11-/m0/s1. The molecule has 0 radical (unpaired) electrons. The summed E-state index contributed by atoms with van der Waals surface area (Å²) < 4.78 is 0. The average Bonchev–Trinajstić information content (AvgIpc) is 2.81. The number of hydrogen-bond acceptors (Lipinski definition) is 6. The number of hydroxylamine groups is 2. The first-order chi connectivity index (χ1) is 10.5. The molecule has 1 aliphatic heterocycles. The van der Waals surface area contributed by atoms with E-state index in [0.29, 0.717) is 17.0 Å². The van der Waals surface area contributed by atoms with Crippen molar-refractivity contribution < 1.29 is 29.1 Å². The second-order valence-electron chi connectivity index (χ2n) is 4.70. The molecule has 1 saturated heterocycles. The normalized spacial score (nSPS) is 15.5. The zero-order chi connectivity index (χ0) is 16.1. The number of amides is 3. The Morgan fingerprint density at radius 3 is 2.41 bits per heavy atom. The van der Waals surface area contributed by atoms with Gasteiger partial charge in [-0.15, -0.1) is 5.06 Å². The van der Waals surface area contributed by atoms with Crippen molar-refractivity contribution in [1.29, 1.82) is 0 Å². The van der Waals surface area contributed by atoms with Crippen molar-refractivity contribution in [3.8, 4) is 5.75 Å². The molecule has 2 rings (SSSR count). The summed E-state index contributed by atoms with van der Waals surface area (Å²) in [7, 11) is 0. The number of nitrogens with one attached hydrogen (secondary N) is 1. The van der Waals surface area contributed by atoms with Crippen molar-refractivity contribution in [3.05, 3.63) is 29.8 Å². The maximum absolute atomic E-state index is 12.0. The molecule has 1 fully saturated rings. The molecule has 1 atom stereocenters. The van der Waals surface area contributed by atoms with E-state index in [0.717, 1.165) is 0 Å². The van der Waals surface area contributed by atoms with Crippen LogP contribution in [0.15, 0.2) is 24.3 Å². The third-order valence-corrected chi connectivity index (χ3v) is 3.12. The number of rotatable bonds is 6. The fourth-order valence-corrected chi connectivity index (χ4v) is 1.97. The third-order valence-electron chi connectivity index (χ3n) is 3.12. The molecule has 116 valence electrons. The molecule has 0 aromatic heterocycles. The Hall–Kier alpha value is -2.90. The summed E-state index contributed by atoms with van der Waals surface area (Å²) in [5.74, 6) is -2.02. The highest BCUT2D eigenvalue weighted by Crippen LogP contribution is 2.15. The first kappa shape index (κ1) is 15.5. The summed E-state index contributed by atoms with van der Waals surface area (Å²) >= 11 is 0. The Bertz CT molecular complexity index is 582. The lowest BCUT2D eigenvalue weighted by Gasteiger charge is -2.18. The van der Waals surface area contributed by atoms with E-state index in [1.165, 1.54) is 12.1 Å². The third kappa shape index (κ3) is 3.60. The van der Waals surface area contributed by atoms with Crippen LogP contribution in [-0.2, 0) is 30.4 Å². The quantitative estimate of drug-likeness (QED) is 0.549. The molecule has 0 bridgehead atoms. The second-order valence-corrected chi connectivity index (χ2v) is 4.70. The molecule has 1 heterocycles. The van der Waals surface area contributed by atoms with E-state index in [9.17, 15) is 24.3 Å². The molecule has 1 aromatic rings. The Balaban J connectivity index is 2.04. The summed E-state index contributed by atoms with van der Waals surface area (Å²) in [6.07, 6.45) is 0.416. The number of hydrogen-bond donors (Lipinski definition) is 2. The van der Waals surface area contributed by atoms with Crippen LogP contribution in [0.3, 0.4) is 0 Å². The Morgan fingerprint density at radius 1 is 1.27 bits per heavy atom. The van der Waals surface area contributed by atoms with E-state index in [1.54, 1.807) is 12.1 Å². The van der Waals surface area contributed by atoms with E-state index in [1.807, 2.05) is 0 Å². The number of carbonyl (C=O) groups is 4. The number of phenolic OH excluding ortho intramolecular Hbond substituents is 1. The highest BCUT2D eigenvalue weighted by atomic mass is 16.7. The SMILES string of the molecule is O=CN[C@@H](Cc1ccc(O)cc1)C(=O)ON1C(=O)CCC1=O. The molecule has 3 amide bonds. The number of nitrogens with zero attached hydrogens (tertiary/aromatic N) is 1. The fourth-order valence-electron chi connectivity index (χ4n) is 1.97. The van der Waals surface area contributed by atoms with E-state index in [4.69, 9.17) is 4.84 Å². The predicted octanol–water partition coefficient (Wildman–Crippen LogP) is -0.344. The van der Waals surface area contributed by atoms with Crippen LogP contribution in [0.4, 0.5) is 0 Å². The van der Waals surface area contributed by atoms with Crippen molar-refractivity contribution in [2.45, 2.75) is 25.3 Å². The minimum atomic E-state index is -1.05.